The van der Waals surface area contributed by atoms with Gasteiger partial charge in [0, 0.05) is 22.9 Å². The summed E-state index contributed by atoms with van der Waals surface area (Å²) in [5.74, 6) is 0.407. The van der Waals surface area contributed by atoms with Crippen molar-refractivity contribution in [2.45, 2.75) is 52.4 Å². The number of benzene rings is 1. The van der Waals surface area contributed by atoms with Crippen LogP contribution in [0.3, 0.4) is 0 Å². The molecule has 1 aromatic carbocycles. The summed E-state index contributed by atoms with van der Waals surface area (Å²) in [5, 5.41) is 14.0. The Morgan fingerprint density at radius 1 is 1.04 bits per heavy atom. The Hall–Kier alpha value is -2.07. The minimum Gasteiger partial charge on any atom is -0.507 e. The van der Waals surface area contributed by atoms with Crippen LogP contribution in [-0.2, 0) is 10.8 Å². The molecule has 2 aromatic rings. The number of hydrogen-bond acceptors (Lipinski definition) is 3. The standard InChI is InChI=1S/C20H25ClN2O2/c1-19(2,3)14-9-12(10-15(17(14)24)20(4,5)6)18(25)23-16-8-7-13(21)11-22-16/h7-11,24H,1-6H3,(H,22,23,25). The molecule has 1 heterocycles. The first-order valence-electron chi connectivity index (χ1n) is 8.20. The third-order valence-electron chi connectivity index (χ3n) is 3.96. The Morgan fingerprint density at radius 2 is 1.56 bits per heavy atom. The van der Waals surface area contributed by atoms with E-state index in [1.54, 1.807) is 24.3 Å². The fourth-order valence-electron chi connectivity index (χ4n) is 2.55. The molecule has 0 saturated carbocycles. The second kappa shape index (κ2) is 6.68. The van der Waals surface area contributed by atoms with Gasteiger partial charge in [-0.05, 0) is 35.1 Å². The lowest BCUT2D eigenvalue weighted by molar-refractivity contribution is 0.102. The first-order chi connectivity index (χ1) is 11.4. The summed E-state index contributed by atoms with van der Waals surface area (Å²) in [6.45, 7) is 12.1. The molecule has 0 bridgehead atoms. The van der Waals surface area contributed by atoms with E-state index in [0.717, 1.165) is 11.1 Å². The average molecular weight is 361 g/mol. The number of carbonyl (C=O) groups is 1. The van der Waals surface area contributed by atoms with Crippen LogP contribution in [-0.4, -0.2) is 16.0 Å². The Morgan fingerprint density at radius 3 is 1.96 bits per heavy atom. The van der Waals surface area contributed by atoms with Crippen LogP contribution in [0.1, 0.15) is 63.0 Å². The first kappa shape index (κ1) is 19.3. The molecule has 0 aliphatic heterocycles. The van der Waals surface area contributed by atoms with Crippen LogP contribution in [0.2, 0.25) is 5.02 Å². The molecule has 1 amide bonds. The van der Waals surface area contributed by atoms with Gasteiger partial charge in [-0.25, -0.2) is 4.98 Å². The predicted molar refractivity (Wildman–Crippen MR) is 103 cm³/mol. The van der Waals surface area contributed by atoms with Crippen molar-refractivity contribution in [3.63, 3.8) is 0 Å². The SMILES string of the molecule is CC(C)(C)c1cc(C(=O)Nc2ccc(Cl)cn2)cc(C(C)(C)C)c1O. The minimum atomic E-state index is -0.293. The van der Waals surface area contributed by atoms with E-state index >= 15 is 0 Å². The highest BCUT2D eigenvalue weighted by atomic mass is 35.5. The van der Waals surface area contributed by atoms with Crippen LogP contribution in [0.5, 0.6) is 5.75 Å². The fraction of sp³-hybridized carbons (Fsp3) is 0.400. The monoisotopic (exact) mass is 360 g/mol. The smallest absolute Gasteiger partial charge is 0.256 e. The number of halogens is 1. The van der Waals surface area contributed by atoms with E-state index < -0.39 is 0 Å². The van der Waals surface area contributed by atoms with E-state index in [0.29, 0.717) is 16.4 Å². The molecule has 0 radical (unpaired) electrons. The third-order valence-corrected chi connectivity index (χ3v) is 4.18. The second-order valence-corrected chi connectivity index (χ2v) is 8.67. The van der Waals surface area contributed by atoms with Gasteiger partial charge in [0.15, 0.2) is 0 Å². The summed E-state index contributed by atoms with van der Waals surface area (Å²) >= 11 is 5.82. The molecule has 0 atom stereocenters. The van der Waals surface area contributed by atoms with Gasteiger partial charge in [-0.1, -0.05) is 53.1 Å². The van der Waals surface area contributed by atoms with Crippen molar-refractivity contribution in [2.24, 2.45) is 0 Å². The number of phenolic OH excluding ortho intramolecular Hbond substituents is 1. The highest BCUT2D eigenvalue weighted by Gasteiger charge is 2.27. The molecule has 0 fully saturated rings. The quantitative estimate of drug-likeness (QED) is 0.765. The van der Waals surface area contributed by atoms with Gasteiger partial charge in [0.1, 0.15) is 11.6 Å². The van der Waals surface area contributed by atoms with Crippen molar-refractivity contribution in [2.75, 3.05) is 5.32 Å². The number of anilines is 1. The van der Waals surface area contributed by atoms with Crippen LogP contribution in [0.15, 0.2) is 30.5 Å². The normalized spacial score (nSPS) is 12.1. The summed E-state index contributed by atoms with van der Waals surface area (Å²) in [6, 6.07) is 6.81. The molecular weight excluding hydrogens is 336 g/mol. The number of pyridine rings is 1. The lowest BCUT2D eigenvalue weighted by Crippen LogP contribution is -2.21. The van der Waals surface area contributed by atoms with Gasteiger partial charge in [-0.15, -0.1) is 0 Å². The molecule has 5 heteroatoms. The third kappa shape index (κ3) is 4.51. The topological polar surface area (TPSA) is 62.2 Å². The molecule has 4 nitrogen and oxygen atoms in total. The van der Waals surface area contributed by atoms with Gasteiger partial charge >= 0.3 is 0 Å². The van der Waals surface area contributed by atoms with E-state index in [4.69, 9.17) is 11.6 Å². The number of nitrogens with one attached hydrogen (secondary N) is 1. The zero-order valence-electron chi connectivity index (χ0n) is 15.6. The molecule has 25 heavy (non-hydrogen) atoms. The zero-order chi connectivity index (χ0) is 19.0. The van der Waals surface area contributed by atoms with Gasteiger partial charge in [-0.3, -0.25) is 4.79 Å². The number of phenols is 1. The molecule has 0 saturated heterocycles. The number of rotatable bonds is 2. The van der Waals surface area contributed by atoms with E-state index in [-0.39, 0.29) is 22.5 Å². The number of hydrogen-bond donors (Lipinski definition) is 2. The Balaban J connectivity index is 2.49. The van der Waals surface area contributed by atoms with Crippen LogP contribution < -0.4 is 5.32 Å². The predicted octanol–water partition coefficient (Wildman–Crippen LogP) is 5.29. The number of amides is 1. The fourth-order valence-corrected chi connectivity index (χ4v) is 2.66. The lowest BCUT2D eigenvalue weighted by Gasteiger charge is -2.28. The molecule has 0 aliphatic rings. The van der Waals surface area contributed by atoms with Gasteiger partial charge in [-0.2, -0.15) is 0 Å². The van der Waals surface area contributed by atoms with Gasteiger partial charge < -0.3 is 10.4 Å². The summed E-state index contributed by atoms with van der Waals surface area (Å²) < 4.78 is 0. The maximum absolute atomic E-state index is 12.7. The summed E-state index contributed by atoms with van der Waals surface area (Å²) in [6.07, 6.45) is 1.48. The van der Waals surface area contributed by atoms with Crippen molar-refractivity contribution >= 4 is 23.3 Å². The van der Waals surface area contributed by atoms with Gasteiger partial charge in [0.2, 0.25) is 0 Å². The Kier molecular flexibility index (Phi) is 5.14. The Bertz CT molecular complexity index is 750. The van der Waals surface area contributed by atoms with Crippen molar-refractivity contribution in [1.29, 1.82) is 0 Å². The molecule has 2 rings (SSSR count). The largest absolute Gasteiger partial charge is 0.507 e. The molecular formula is C20H25ClN2O2. The van der Waals surface area contributed by atoms with E-state index in [9.17, 15) is 9.90 Å². The maximum atomic E-state index is 12.7. The van der Waals surface area contributed by atoms with Gasteiger partial charge in [0.25, 0.3) is 5.91 Å². The van der Waals surface area contributed by atoms with E-state index in [1.165, 1.54) is 6.20 Å². The van der Waals surface area contributed by atoms with E-state index in [2.05, 4.69) is 10.3 Å². The van der Waals surface area contributed by atoms with Crippen molar-refractivity contribution in [3.8, 4) is 5.75 Å². The number of aromatic nitrogens is 1. The van der Waals surface area contributed by atoms with Crippen molar-refractivity contribution in [1.82, 2.24) is 4.98 Å². The van der Waals surface area contributed by atoms with Crippen LogP contribution >= 0.6 is 11.6 Å². The van der Waals surface area contributed by atoms with Crippen LogP contribution in [0.4, 0.5) is 5.82 Å². The van der Waals surface area contributed by atoms with Gasteiger partial charge in [0.05, 0.1) is 5.02 Å². The van der Waals surface area contributed by atoms with Crippen LogP contribution in [0.25, 0.3) is 0 Å². The number of nitrogens with zero attached hydrogens (tertiary/aromatic N) is 1. The molecule has 0 spiro atoms. The zero-order valence-corrected chi connectivity index (χ0v) is 16.3. The van der Waals surface area contributed by atoms with Crippen LogP contribution in [0, 0.1) is 0 Å². The highest BCUT2D eigenvalue weighted by molar-refractivity contribution is 6.30. The number of carbonyl (C=O) groups excluding carboxylic acids is 1. The highest BCUT2D eigenvalue weighted by Crippen LogP contribution is 2.39. The minimum absolute atomic E-state index is 0.251. The summed E-state index contributed by atoms with van der Waals surface area (Å²) in [5.41, 5.74) is 1.39. The average Bonchev–Trinajstić information content (AvgIpc) is 2.47. The first-order valence-corrected chi connectivity index (χ1v) is 8.58. The molecule has 2 N–H and O–H groups in total. The molecule has 1 aromatic heterocycles. The number of aromatic hydroxyl groups is 1. The van der Waals surface area contributed by atoms with Crippen molar-refractivity contribution < 1.29 is 9.90 Å². The Labute approximate surface area is 154 Å². The molecule has 134 valence electrons. The van der Waals surface area contributed by atoms with E-state index in [1.807, 2.05) is 41.5 Å². The summed E-state index contributed by atoms with van der Waals surface area (Å²) in [4.78, 5) is 16.8. The molecule has 0 aliphatic carbocycles. The maximum Gasteiger partial charge on any atom is 0.256 e. The molecule has 0 unspecified atom stereocenters. The summed E-state index contributed by atoms with van der Waals surface area (Å²) in [7, 11) is 0. The lowest BCUT2D eigenvalue weighted by atomic mass is 9.78. The second-order valence-electron chi connectivity index (χ2n) is 8.24. The van der Waals surface area contributed by atoms with Crippen molar-refractivity contribution in [3.05, 3.63) is 52.2 Å².